The van der Waals surface area contributed by atoms with E-state index in [1.165, 1.54) is 31.2 Å². The number of carbonyl (C=O) groups is 2. The largest absolute Gasteiger partial charge is 0.326 e. The van der Waals surface area contributed by atoms with Crippen LogP contribution >= 0.6 is 11.6 Å². The minimum absolute atomic E-state index is 0.00760. The Labute approximate surface area is 198 Å². The van der Waals surface area contributed by atoms with E-state index >= 15 is 0 Å². The van der Waals surface area contributed by atoms with Gasteiger partial charge in [-0.2, -0.15) is 4.31 Å². The lowest BCUT2D eigenvalue weighted by molar-refractivity contribution is -0.116. The highest BCUT2D eigenvalue weighted by atomic mass is 35.5. The number of amides is 2. The molecule has 3 aromatic carbocycles. The third-order valence-electron chi connectivity index (χ3n) is 4.77. The highest BCUT2D eigenvalue weighted by molar-refractivity contribution is 7.89. The van der Waals surface area contributed by atoms with Crippen LogP contribution in [-0.4, -0.2) is 31.1 Å². The van der Waals surface area contributed by atoms with Gasteiger partial charge < -0.3 is 10.6 Å². The number of anilines is 2. The van der Waals surface area contributed by atoms with Crippen LogP contribution in [0.3, 0.4) is 0 Å². The summed E-state index contributed by atoms with van der Waals surface area (Å²) < 4.78 is 27.9. The Hall–Kier alpha value is -3.20. The molecule has 0 saturated carbocycles. The summed E-state index contributed by atoms with van der Waals surface area (Å²) in [4.78, 5) is 24.0. The fourth-order valence-corrected chi connectivity index (χ4v) is 4.67. The molecule has 0 unspecified atom stereocenters. The van der Waals surface area contributed by atoms with E-state index in [1.54, 1.807) is 36.4 Å². The molecule has 33 heavy (non-hydrogen) atoms. The monoisotopic (exact) mass is 485 g/mol. The molecule has 2 amide bonds. The lowest BCUT2D eigenvalue weighted by Crippen LogP contribution is -2.37. The summed E-state index contributed by atoms with van der Waals surface area (Å²) in [6, 6.07) is 19.8. The van der Waals surface area contributed by atoms with Crippen molar-refractivity contribution in [3.05, 3.63) is 88.9 Å². The lowest BCUT2D eigenvalue weighted by Gasteiger charge is -2.22. The summed E-state index contributed by atoms with van der Waals surface area (Å²) in [6.45, 7) is 2.80. The number of hydrogen-bond acceptors (Lipinski definition) is 4. The zero-order valence-electron chi connectivity index (χ0n) is 18.2. The summed E-state index contributed by atoms with van der Waals surface area (Å²) in [7, 11) is -4.05. The summed E-state index contributed by atoms with van der Waals surface area (Å²) >= 11 is 6.25. The predicted molar refractivity (Wildman–Crippen MR) is 130 cm³/mol. The van der Waals surface area contributed by atoms with Crippen LogP contribution < -0.4 is 10.6 Å². The van der Waals surface area contributed by atoms with Gasteiger partial charge in [-0.15, -0.1) is 0 Å². The SMILES string of the molecule is CC(=O)Nc1ccc(S(=O)(=O)N(CC(=O)Nc2ccc(C)cc2)Cc2ccccc2Cl)cc1. The van der Waals surface area contributed by atoms with E-state index in [-0.39, 0.29) is 17.3 Å². The predicted octanol–water partition coefficient (Wildman–Crippen LogP) is 4.44. The maximum absolute atomic E-state index is 13.4. The molecule has 3 aromatic rings. The van der Waals surface area contributed by atoms with Gasteiger partial charge in [-0.1, -0.05) is 47.5 Å². The number of benzene rings is 3. The molecule has 0 atom stereocenters. The van der Waals surface area contributed by atoms with E-state index in [0.717, 1.165) is 9.87 Å². The highest BCUT2D eigenvalue weighted by Crippen LogP contribution is 2.24. The number of rotatable bonds is 8. The van der Waals surface area contributed by atoms with Crippen molar-refractivity contribution < 1.29 is 18.0 Å². The minimum Gasteiger partial charge on any atom is -0.326 e. The molecule has 172 valence electrons. The molecule has 0 aliphatic carbocycles. The van der Waals surface area contributed by atoms with Gasteiger partial charge in [0.1, 0.15) is 0 Å². The molecule has 0 radical (unpaired) electrons. The topological polar surface area (TPSA) is 95.6 Å². The quantitative estimate of drug-likeness (QED) is 0.493. The van der Waals surface area contributed by atoms with E-state index in [4.69, 9.17) is 11.6 Å². The third kappa shape index (κ3) is 6.64. The van der Waals surface area contributed by atoms with Crippen LogP contribution in [0.5, 0.6) is 0 Å². The molecule has 3 rings (SSSR count). The number of halogens is 1. The number of carbonyl (C=O) groups excluding carboxylic acids is 2. The van der Waals surface area contributed by atoms with Crippen molar-refractivity contribution in [2.24, 2.45) is 0 Å². The zero-order chi connectivity index (χ0) is 24.0. The molecule has 0 spiro atoms. The average Bonchev–Trinajstić information content (AvgIpc) is 2.76. The number of aryl methyl sites for hydroxylation is 1. The summed E-state index contributed by atoms with van der Waals surface area (Å²) in [5.41, 5.74) is 2.65. The van der Waals surface area contributed by atoms with Crippen molar-refractivity contribution in [3.63, 3.8) is 0 Å². The Morgan fingerprint density at radius 3 is 2.06 bits per heavy atom. The van der Waals surface area contributed by atoms with Gasteiger partial charge in [0.15, 0.2) is 0 Å². The first-order valence-electron chi connectivity index (χ1n) is 10.1. The van der Waals surface area contributed by atoms with Crippen molar-refractivity contribution in [2.45, 2.75) is 25.3 Å². The number of hydrogen-bond donors (Lipinski definition) is 2. The van der Waals surface area contributed by atoms with Crippen molar-refractivity contribution in [1.29, 1.82) is 0 Å². The van der Waals surface area contributed by atoms with Crippen LogP contribution in [0.1, 0.15) is 18.1 Å². The fraction of sp³-hybridized carbons (Fsp3) is 0.167. The summed E-state index contributed by atoms with van der Waals surface area (Å²) in [6.07, 6.45) is 0. The molecule has 7 nitrogen and oxygen atoms in total. The maximum Gasteiger partial charge on any atom is 0.243 e. The highest BCUT2D eigenvalue weighted by Gasteiger charge is 2.27. The molecule has 0 heterocycles. The van der Waals surface area contributed by atoms with Crippen molar-refractivity contribution in [3.8, 4) is 0 Å². The standard InChI is InChI=1S/C24H24ClN3O4S/c1-17-7-9-21(10-8-17)27-24(30)16-28(15-19-5-3-4-6-23(19)25)33(31,32)22-13-11-20(12-14-22)26-18(2)29/h3-14H,15-16H2,1-2H3,(H,26,29)(H,27,30). The third-order valence-corrected chi connectivity index (χ3v) is 6.95. The van der Waals surface area contributed by atoms with Crippen LogP contribution in [0.2, 0.25) is 5.02 Å². The van der Waals surface area contributed by atoms with Gasteiger partial charge in [-0.05, 0) is 55.0 Å². The Morgan fingerprint density at radius 2 is 1.45 bits per heavy atom. The summed E-state index contributed by atoms with van der Waals surface area (Å²) in [5, 5.41) is 5.72. The van der Waals surface area contributed by atoms with Crippen molar-refractivity contribution >= 4 is 44.8 Å². The second kappa shape index (κ2) is 10.6. The van der Waals surface area contributed by atoms with Crippen LogP contribution in [0, 0.1) is 6.92 Å². The lowest BCUT2D eigenvalue weighted by atomic mass is 10.2. The smallest absolute Gasteiger partial charge is 0.243 e. The Morgan fingerprint density at radius 1 is 0.879 bits per heavy atom. The molecule has 0 aromatic heterocycles. The van der Waals surface area contributed by atoms with Gasteiger partial charge in [0, 0.05) is 29.9 Å². The van der Waals surface area contributed by atoms with Crippen LogP contribution in [0.4, 0.5) is 11.4 Å². The minimum atomic E-state index is -4.05. The first kappa shape index (κ1) is 24.4. The van der Waals surface area contributed by atoms with Gasteiger partial charge in [0.05, 0.1) is 11.4 Å². The van der Waals surface area contributed by atoms with Crippen molar-refractivity contribution in [1.82, 2.24) is 4.31 Å². The molecular weight excluding hydrogens is 462 g/mol. The van der Waals surface area contributed by atoms with E-state index in [0.29, 0.717) is 22.0 Å². The Bertz CT molecular complexity index is 1240. The number of nitrogens with zero attached hydrogens (tertiary/aromatic N) is 1. The molecule has 2 N–H and O–H groups in total. The normalized spacial score (nSPS) is 11.3. The molecule has 0 aliphatic heterocycles. The van der Waals surface area contributed by atoms with Crippen molar-refractivity contribution in [2.75, 3.05) is 17.2 Å². The van der Waals surface area contributed by atoms with Gasteiger partial charge in [-0.3, -0.25) is 9.59 Å². The fourth-order valence-electron chi connectivity index (χ4n) is 3.10. The van der Waals surface area contributed by atoms with E-state index in [1.807, 2.05) is 19.1 Å². The van der Waals surface area contributed by atoms with Gasteiger partial charge >= 0.3 is 0 Å². The van der Waals surface area contributed by atoms with Crippen LogP contribution in [-0.2, 0) is 26.2 Å². The molecular formula is C24H24ClN3O4S. The molecule has 9 heteroatoms. The van der Waals surface area contributed by atoms with E-state index < -0.39 is 22.5 Å². The van der Waals surface area contributed by atoms with Gasteiger partial charge in [0.2, 0.25) is 21.8 Å². The van der Waals surface area contributed by atoms with E-state index in [2.05, 4.69) is 10.6 Å². The second-order valence-electron chi connectivity index (χ2n) is 7.48. The Balaban J connectivity index is 1.88. The second-order valence-corrected chi connectivity index (χ2v) is 9.83. The first-order valence-corrected chi connectivity index (χ1v) is 11.9. The zero-order valence-corrected chi connectivity index (χ0v) is 19.8. The van der Waals surface area contributed by atoms with Gasteiger partial charge in [0.25, 0.3) is 0 Å². The summed E-state index contributed by atoms with van der Waals surface area (Å²) in [5.74, 6) is -0.747. The van der Waals surface area contributed by atoms with Crippen LogP contribution in [0.15, 0.2) is 77.7 Å². The Kier molecular flexibility index (Phi) is 7.86. The van der Waals surface area contributed by atoms with Gasteiger partial charge in [-0.25, -0.2) is 8.42 Å². The molecule has 0 aliphatic rings. The first-order chi connectivity index (χ1) is 15.6. The molecule has 0 bridgehead atoms. The number of nitrogens with one attached hydrogen (secondary N) is 2. The number of sulfonamides is 1. The van der Waals surface area contributed by atoms with Crippen LogP contribution in [0.25, 0.3) is 0 Å². The average molecular weight is 486 g/mol. The molecule has 0 fully saturated rings. The maximum atomic E-state index is 13.4. The molecule has 0 saturated heterocycles. The van der Waals surface area contributed by atoms with E-state index in [9.17, 15) is 18.0 Å².